The first kappa shape index (κ1) is 12.0. The summed E-state index contributed by atoms with van der Waals surface area (Å²) in [6.45, 7) is 2.31. The van der Waals surface area contributed by atoms with Crippen molar-refractivity contribution in [2.45, 2.75) is 25.2 Å². The second kappa shape index (κ2) is 4.23. The highest BCUT2D eigenvalue weighted by atomic mass is 16.1. The Labute approximate surface area is 113 Å². The SMILES string of the molecule is CC1(c2cccc(-c3ccc(C(N)=O)cc3)c2)CC1. The molecule has 1 aliphatic carbocycles. The smallest absolute Gasteiger partial charge is 0.248 e. The summed E-state index contributed by atoms with van der Waals surface area (Å²) >= 11 is 0. The fourth-order valence-corrected chi connectivity index (χ4v) is 2.38. The highest BCUT2D eigenvalue weighted by Gasteiger charge is 2.38. The van der Waals surface area contributed by atoms with Crippen LogP contribution in [0.5, 0.6) is 0 Å². The average Bonchev–Trinajstić information content (AvgIpc) is 3.18. The van der Waals surface area contributed by atoms with Gasteiger partial charge in [0.2, 0.25) is 5.91 Å². The number of nitrogens with two attached hydrogens (primary N) is 1. The summed E-state index contributed by atoms with van der Waals surface area (Å²) in [5, 5.41) is 0. The van der Waals surface area contributed by atoms with Gasteiger partial charge in [-0.05, 0) is 47.1 Å². The van der Waals surface area contributed by atoms with E-state index in [1.54, 1.807) is 12.1 Å². The van der Waals surface area contributed by atoms with E-state index < -0.39 is 0 Å². The number of carbonyl (C=O) groups excluding carboxylic acids is 1. The minimum atomic E-state index is -0.384. The maximum atomic E-state index is 11.1. The Bertz CT molecular complexity index is 624. The van der Waals surface area contributed by atoms with E-state index in [1.807, 2.05) is 12.1 Å². The fourth-order valence-electron chi connectivity index (χ4n) is 2.38. The van der Waals surface area contributed by atoms with E-state index in [0.717, 1.165) is 5.56 Å². The Hall–Kier alpha value is -2.09. The molecule has 0 heterocycles. The zero-order valence-corrected chi connectivity index (χ0v) is 11.0. The molecule has 0 saturated heterocycles. The molecule has 2 N–H and O–H groups in total. The van der Waals surface area contributed by atoms with Gasteiger partial charge in [0, 0.05) is 5.56 Å². The molecule has 1 amide bonds. The first-order valence-electron chi connectivity index (χ1n) is 6.59. The number of carbonyl (C=O) groups is 1. The predicted octanol–water partition coefficient (Wildman–Crippen LogP) is 3.50. The quantitative estimate of drug-likeness (QED) is 0.891. The predicted molar refractivity (Wildman–Crippen MR) is 77.0 cm³/mol. The lowest BCUT2D eigenvalue weighted by molar-refractivity contribution is 0.100. The van der Waals surface area contributed by atoms with E-state index in [9.17, 15) is 4.79 Å². The second-order valence-electron chi connectivity index (χ2n) is 5.58. The van der Waals surface area contributed by atoms with Crippen LogP contribution in [0.15, 0.2) is 48.5 Å². The molecule has 0 spiro atoms. The zero-order chi connectivity index (χ0) is 13.5. The maximum absolute atomic E-state index is 11.1. The molecule has 2 nitrogen and oxygen atoms in total. The Morgan fingerprint density at radius 2 is 1.74 bits per heavy atom. The van der Waals surface area contributed by atoms with Crippen LogP contribution in [0.3, 0.4) is 0 Å². The summed E-state index contributed by atoms with van der Waals surface area (Å²) in [5.74, 6) is -0.384. The van der Waals surface area contributed by atoms with Crippen LogP contribution in [-0.2, 0) is 5.41 Å². The largest absolute Gasteiger partial charge is 0.366 e. The Morgan fingerprint density at radius 3 is 2.32 bits per heavy atom. The third-order valence-electron chi connectivity index (χ3n) is 4.06. The van der Waals surface area contributed by atoms with Crippen LogP contribution in [-0.4, -0.2) is 5.91 Å². The molecule has 2 heteroatoms. The summed E-state index contributed by atoms with van der Waals surface area (Å²) in [4.78, 5) is 11.1. The van der Waals surface area contributed by atoms with E-state index in [2.05, 4.69) is 31.2 Å². The minimum absolute atomic E-state index is 0.378. The number of hydrogen-bond acceptors (Lipinski definition) is 1. The molecule has 1 fully saturated rings. The van der Waals surface area contributed by atoms with Gasteiger partial charge < -0.3 is 5.73 Å². The van der Waals surface area contributed by atoms with Crippen LogP contribution in [0.25, 0.3) is 11.1 Å². The highest BCUT2D eigenvalue weighted by Crippen LogP contribution is 2.48. The third kappa shape index (κ3) is 2.26. The standard InChI is InChI=1S/C17H17NO/c1-17(9-10-17)15-4-2-3-14(11-15)12-5-7-13(8-6-12)16(18)19/h2-8,11H,9-10H2,1H3,(H2,18,19). The number of primary amides is 1. The van der Waals surface area contributed by atoms with E-state index in [0.29, 0.717) is 11.0 Å². The molecule has 0 aromatic heterocycles. The van der Waals surface area contributed by atoms with Crippen LogP contribution in [0, 0.1) is 0 Å². The van der Waals surface area contributed by atoms with Gasteiger partial charge in [-0.2, -0.15) is 0 Å². The first-order chi connectivity index (χ1) is 9.08. The van der Waals surface area contributed by atoms with Crippen molar-refractivity contribution in [1.29, 1.82) is 0 Å². The lowest BCUT2D eigenvalue weighted by atomic mass is 9.94. The van der Waals surface area contributed by atoms with E-state index in [-0.39, 0.29) is 5.91 Å². The maximum Gasteiger partial charge on any atom is 0.248 e. The fraction of sp³-hybridized carbons (Fsp3) is 0.235. The molecule has 0 unspecified atom stereocenters. The normalized spacial score (nSPS) is 16.1. The molecule has 1 aliphatic rings. The molecule has 96 valence electrons. The monoisotopic (exact) mass is 251 g/mol. The van der Waals surface area contributed by atoms with E-state index in [1.165, 1.54) is 24.0 Å². The van der Waals surface area contributed by atoms with Gasteiger partial charge in [-0.3, -0.25) is 4.79 Å². The molecule has 2 aromatic rings. The molecule has 19 heavy (non-hydrogen) atoms. The zero-order valence-electron chi connectivity index (χ0n) is 11.0. The van der Waals surface area contributed by atoms with Crippen molar-refractivity contribution in [3.8, 4) is 11.1 Å². The van der Waals surface area contributed by atoms with Gasteiger partial charge in [0.25, 0.3) is 0 Å². The van der Waals surface area contributed by atoms with E-state index in [4.69, 9.17) is 5.73 Å². The summed E-state index contributed by atoms with van der Waals surface area (Å²) in [7, 11) is 0. The van der Waals surface area contributed by atoms with Crippen LogP contribution in [0.4, 0.5) is 0 Å². The summed E-state index contributed by atoms with van der Waals surface area (Å²) in [6.07, 6.45) is 2.55. The van der Waals surface area contributed by atoms with Crippen molar-refractivity contribution in [3.63, 3.8) is 0 Å². The van der Waals surface area contributed by atoms with Crippen LogP contribution in [0.2, 0.25) is 0 Å². The van der Waals surface area contributed by atoms with Gasteiger partial charge in [0.1, 0.15) is 0 Å². The number of rotatable bonds is 3. The Morgan fingerprint density at radius 1 is 1.05 bits per heavy atom. The highest BCUT2D eigenvalue weighted by molar-refractivity contribution is 5.93. The lowest BCUT2D eigenvalue weighted by Gasteiger charge is -2.11. The average molecular weight is 251 g/mol. The van der Waals surface area contributed by atoms with Crippen LogP contribution in [0.1, 0.15) is 35.7 Å². The van der Waals surface area contributed by atoms with E-state index >= 15 is 0 Å². The molecule has 2 aromatic carbocycles. The first-order valence-corrected chi connectivity index (χ1v) is 6.59. The van der Waals surface area contributed by atoms with Gasteiger partial charge in [0.05, 0.1) is 0 Å². The number of amides is 1. The molecule has 0 aliphatic heterocycles. The molecule has 3 rings (SSSR count). The summed E-state index contributed by atoms with van der Waals surface area (Å²) in [6, 6.07) is 16.1. The van der Waals surface area contributed by atoms with Crippen molar-refractivity contribution in [2.24, 2.45) is 5.73 Å². The minimum Gasteiger partial charge on any atom is -0.366 e. The molecular formula is C17H17NO. The van der Waals surface area contributed by atoms with Crippen molar-refractivity contribution >= 4 is 5.91 Å². The van der Waals surface area contributed by atoms with Crippen molar-refractivity contribution in [2.75, 3.05) is 0 Å². The third-order valence-corrected chi connectivity index (χ3v) is 4.06. The number of hydrogen-bond donors (Lipinski definition) is 1. The van der Waals surface area contributed by atoms with Crippen LogP contribution >= 0.6 is 0 Å². The van der Waals surface area contributed by atoms with Crippen LogP contribution < -0.4 is 5.73 Å². The molecule has 0 bridgehead atoms. The summed E-state index contributed by atoms with van der Waals surface area (Å²) < 4.78 is 0. The van der Waals surface area contributed by atoms with Gasteiger partial charge in [-0.15, -0.1) is 0 Å². The molecular weight excluding hydrogens is 234 g/mol. The van der Waals surface area contributed by atoms with Gasteiger partial charge >= 0.3 is 0 Å². The van der Waals surface area contributed by atoms with Crippen molar-refractivity contribution < 1.29 is 4.79 Å². The molecule has 0 atom stereocenters. The van der Waals surface area contributed by atoms with Gasteiger partial charge in [-0.1, -0.05) is 43.3 Å². The Balaban J connectivity index is 1.95. The molecule has 1 saturated carbocycles. The number of benzene rings is 2. The van der Waals surface area contributed by atoms with Gasteiger partial charge in [0.15, 0.2) is 0 Å². The topological polar surface area (TPSA) is 43.1 Å². The second-order valence-corrected chi connectivity index (χ2v) is 5.58. The van der Waals surface area contributed by atoms with Crippen molar-refractivity contribution in [3.05, 3.63) is 59.7 Å². The van der Waals surface area contributed by atoms with Gasteiger partial charge in [-0.25, -0.2) is 0 Å². The Kier molecular flexibility index (Phi) is 2.67. The summed E-state index contributed by atoms with van der Waals surface area (Å²) in [5.41, 5.74) is 9.91. The lowest BCUT2D eigenvalue weighted by Crippen LogP contribution is -2.10. The van der Waals surface area contributed by atoms with Crippen molar-refractivity contribution in [1.82, 2.24) is 0 Å². The molecule has 0 radical (unpaired) electrons.